The van der Waals surface area contributed by atoms with Crippen LogP contribution >= 0.6 is 22.9 Å². The van der Waals surface area contributed by atoms with Crippen LogP contribution in [0.4, 0.5) is 11.4 Å². The molecule has 6 nitrogen and oxygen atoms in total. The lowest BCUT2D eigenvalue weighted by Gasteiger charge is -2.37. The van der Waals surface area contributed by atoms with Crippen LogP contribution in [0, 0.1) is 13.8 Å². The van der Waals surface area contributed by atoms with Crippen LogP contribution < -0.4 is 15.0 Å². The number of amides is 2. The summed E-state index contributed by atoms with van der Waals surface area (Å²) in [6.07, 6.45) is -0.137. The van der Waals surface area contributed by atoms with E-state index >= 15 is 0 Å². The van der Waals surface area contributed by atoms with Crippen molar-refractivity contribution >= 4 is 46.1 Å². The van der Waals surface area contributed by atoms with Crippen molar-refractivity contribution in [3.05, 3.63) is 57.4 Å². The maximum Gasteiger partial charge on any atom is 0.268 e. The van der Waals surface area contributed by atoms with Crippen molar-refractivity contribution in [3.63, 3.8) is 0 Å². The van der Waals surface area contributed by atoms with Crippen LogP contribution in [0.3, 0.4) is 0 Å². The Labute approximate surface area is 196 Å². The fourth-order valence-electron chi connectivity index (χ4n) is 3.69. The third kappa shape index (κ3) is 4.10. The number of aromatic nitrogens is 1. The third-order valence-electron chi connectivity index (χ3n) is 5.58. The Kier molecular flexibility index (Phi) is 6.22. The van der Waals surface area contributed by atoms with Gasteiger partial charge < -0.3 is 10.1 Å². The highest BCUT2D eigenvalue weighted by Crippen LogP contribution is 2.39. The Balaban J connectivity index is 1.70. The van der Waals surface area contributed by atoms with Crippen molar-refractivity contribution in [2.75, 3.05) is 10.2 Å². The molecule has 0 spiro atoms. The number of rotatable bonds is 5. The first-order valence-corrected chi connectivity index (χ1v) is 11.7. The second-order valence-electron chi connectivity index (χ2n) is 7.73. The smallest absolute Gasteiger partial charge is 0.268 e. The van der Waals surface area contributed by atoms with Crippen LogP contribution in [0.5, 0.6) is 5.75 Å². The summed E-state index contributed by atoms with van der Waals surface area (Å²) in [5.74, 6) is 0.0316. The lowest BCUT2D eigenvalue weighted by Crippen LogP contribution is -2.53. The van der Waals surface area contributed by atoms with Crippen LogP contribution in [-0.4, -0.2) is 28.9 Å². The highest BCUT2D eigenvalue weighted by Gasteiger charge is 2.38. The summed E-state index contributed by atoms with van der Waals surface area (Å²) in [5.41, 5.74) is 3.65. The molecule has 1 aromatic heterocycles. The summed E-state index contributed by atoms with van der Waals surface area (Å²) < 4.78 is 5.94. The van der Waals surface area contributed by atoms with Gasteiger partial charge in [-0.25, -0.2) is 4.98 Å². The van der Waals surface area contributed by atoms with Gasteiger partial charge in [0.1, 0.15) is 11.8 Å². The lowest BCUT2D eigenvalue weighted by atomic mass is 10.0. The van der Waals surface area contributed by atoms with E-state index in [0.29, 0.717) is 28.6 Å². The van der Waals surface area contributed by atoms with Crippen molar-refractivity contribution in [1.82, 2.24) is 4.98 Å². The van der Waals surface area contributed by atoms with E-state index in [2.05, 4.69) is 10.3 Å². The van der Waals surface area contributed by atoms with Gasteiger partial charge in [-0.05, 0) is 63.1 Å². The van der Waals surface area contributed by atoms with Gasteiger partial charge in [0.05, 0.1) is 16.4 Å². The van der Waals surface area contributed by atoms with Crippen LogP contribution in [0.1, 0.15) is 30.8 Å². The number of carbonyl (C=O) groups is 2. The van der Waals surface area contributed by atoms with Gasteiger partial charge in [-0.1, -0.05) is 24.6 Å². The summed E-state index contributed by atoms with van der Waals surface area (Å²) >= 11 is 7.75. The van der Waals surface area contributed by atoms with Gasteiger partial charge in [0, 0.05) is 21.7 Å². The monoisotopic (exact) mass is 469 g/mol. The number of benzene rings is 2. The number of nitrogens with zero attached hydrogens (tertiary/aromatic N) is 2. The summed E-state index contributed by atoms with van der Waals surface area (Å²) in [6, 6.07) is 10.2. The molecule has 2 atom stereocenters. The van der Waals surface area contributed by atoms with Gasteiger partial charge >= 0.3 is 0 Å². The van der Waals surface area contributed by atoms with E-state index in [1.54, 1.807) is 36.5 Å². The van der Waals surface area contributed by atoms with Gasteiger partial charge in [0.25, 0.3) is 5.91 Å². The van der Waals surface area contributed by atoms with E-state index in [0.717, 1.165) is 21.8 Å². The zero-order valence-corrected chi connectivity index (χ0v) is 19.9. The first-order chi connectivity index (χ1) is 15.3. The molecule has 2 aromatic carbocycles. The van der Waals surface area contributed by atoms with Gasteiger partial charge in [-0.3, -0.25) is 14.5 Å². The zero-order valence-electron chi connectivity index (χ0n) is 18.3. The molecular formula is C24H24ClN3O3S. The number of halogens is 1. The van der Waals surface area contributed by atoms with E-state index in [1.807, 2.05) is 44.4 Å². The molecule has 4 rings (SSSR count). The number of nitrogens with one attached hydrogen (secondary N) is 1. The quantitative estimate of drug-likeness (QED) is 0.527. The molecule has 0 bridgehead atoms. The fraction of sp³-hybridized carbons (Fsp3) is 0.292. The number of thiazole rings is 1. The SMILES string of the molecule is CCC1Oc2ccc(-c3csc(C)n3)cc2N(C(C)C(=O)Nc2cccc(Cl)c2C)C1=O. The zero-order chi connectivity index (χ0) is 23.0. The topological polar surface area (TPSA) is 71.5 Å². The predicted molar refractivity (Wildman–Crippen MR) is 129 cm³/mol. The molecule has 166 valence electrons. The summed E-state index contributed by atoms with van der Waals surface area (Å²) in [5, 5.41) is 6.41. The van der Waals surface area contributed by atoms with Crippen molar-refractivity contribution in [2.45, 2.75) is 46.3 Å². The van der Waals surface area contributed by atoms with Crippen molar-refractivity contribution in [2.24, 2.45) is 0 Å². The molecule has 8 heteroatoms. The number of hydrogen-bond donors (Lipinski definition) is 1. The minimum atomic E-state index is -0.759. The lowest BCUT2D eigenvalue weighted by molar-refractivity contribution is -0.129. The molecule has 1 aliphatic rings. The Morgan fingerprint density at radius 2 is 2.09 bits per heavy atom. The number of hydrogen-bond acceptors (Lipinski definition) is 5. The number of carbonyl (C=O) groups excluding carboxylic acids is 2. The molecule has 0 fully saturated rings. The van der Waals surface area contributed by atoms with E-state index in [9.17, 15) is 9.59 Å². The Bertz CT molecular complexity index is 1190. The summed E-state index contributed by atoms with van der Waals surface area (Å²) in [6.45, 7) is 7.39. The van der Waals surface area contributed by atoms with Crippen LogP contribution in [0.25, 0.3) is 11.3 Å². The fourth-order valence-corrected chi connectivity index (χ4v) is 4.49. The molecule has 1 aliphatic heterocycles. The predicted octanol–water partition coefficient (Wildman–Crippen LogP) is 5.61. The van der Waals surface area contributed by atoms with Gasteiger partial charge in [0.15, 0.2) is 6.10 Å². The maximum atomic E-state index is 13.3. The average Bonchev–Trinajstić information content (AvgIpc) is 3.22. The van der Waals surface area contributed by atoms with E-state index in [-0.39, 0.29) is 11.8 Å². The highest BCUT2D eigenvalue weighted by atomic mass is 35.5. The highest BCUT2D eigenvalue weighted by molar-refractivity contribution is 7.09. The molecule has 32 heavy (non-hydrogen) atoms. The molecular weight excluding hydrogens is 446 g/mol. The molecule has 2 unspecified atom stereocenters. The minimum absolute atomic E-state index is 0.239. The normalized spacial score (nSPS) is 16.3. The van der Waals surface area contributed by atoms with E-state index in [4.69, 9.17) is 16.3 Å². The second-order valence-corrected chi connectivity index (χ2v) is 9.20. The molecule has 2 heterocycles. The van der Waals surface area contributed by atoms with Crippen molar-refractivity contribution in [1.29, 1.82) is 0 Å². The number of ether oxygens (including phenoxy) is 1. The van der Waals surface area contributed by atoms with Gasteiger partial charge in [-0.15, -0.1) is 11.3 Å². The summed E-state index contributed by atoms with van der Waals surface area (Å²) in [7, 11) is 0. The van der Waals surface area contributed by atoms with Gasteiger partial charge in [-0.2, -0.15) is 0 Å². The van der Waals surface area contributed by atoms with E-state index < -0.39 is 12.1 Å². The molecule has 0 radical (unpaired) electrons. The standard InChI is InChI=1S/C24H24ClN3O3S/c1-5-21-24(30)28(14(3)23(29)27-18-8-6-7-17(25)13(18)2)20-11-16(9-10-22(20)31-21)19-12-32-15(4)26-19/h6-12,14,21H,5H2,1-4H3,(H,27,29). The molecule has 0 aliphatic carbocycles. The third-order valence-corrected chi connectivity index (χ3v) is 6.76. The Morgan fingerprint density at radius 3 is 2.78 bits per heavy atom. The molecule has 1 N–H and O–H groups in total. The number of fused-ring (bicyclic) bond motifs is 1. The van der Waals surface area contributed by atoms with Crippen LogP contribution in [-0.2, 0) is 9.59 Å². The second kappa shape index (κ2) is 8.92. The van der Waals surface area contributed by atoms with Crippen LogP contribution in [0.2, 0.25) is 5.02 Å². The molecule has 2 amide bonds. The number of aryl methyl sites for hydroxylation is 1. The van der Waals surface area contributed by atoms with Crippen LogP contribution in [0.15, 0.2) is 41.8 Å². The first kappa shape index (κ1) is 22.3. The minimum Gasteiger partial charge on any atom is -0.478 e. The van der Waals surface area contributed by atoms with Crippen molar-refractivity contribution < 1.29 is 14.3 Å². The number of anilines is 2. The van der Waals surface area contributed by atoms with Gasteiger partial charge in [0.2, 0.25) is 5.91 Å². The molecule has 3 aromatic rings. The largest absolute Gasteiger partial charge is 0.478 e. The van der Waals surface area contributed by atoms with E-state index in [1.165, 1.54) is 4.90 Å². The Morgan fingerprint density at radius 1 is 1.31 bits per heavy atom. The maximum absolute atomic E-state index is 13.3. The van der Waals surface area contributed by atoms with Crippen molar-refractivity contribution in [3.8, 4) is 17.0 Å². The molecule has 0 saturated carbocycles. The molecule has 0 saturated heterocycles. The first-order valence-electron chi connectivity index (χ1n) is 10.4. The summed E-state index contributed by atoms with van der Waals surface area (Å²) in [4.78, 5) is 32.5. The average molecular weight is 470 g/mol. The Hall–Kier alpha value is -2.90.